The summed E-state index contributed by atoms with van der Waals surface area (Å²) in [5.41, 5.74) is 3.99. The number of nitrogens with one attached hydrogen (secondary N) is 1. The number of hydrogen-bond acceptors (Lipinski definition) is 3. The standard InChI is InChI=1S/C22H23ClN2O2/c23-21-17(5-4-6-18(21)19-11-12-20(26)24-22(19)27)15-7-9-16(10-8-15)25-13-2-1-3-14-25/h4-10,19H,1-3,11-14H2,(H,24,26,27). The van der Waals surface area contributed by atoms with Crippen LogP contribution in [0.15, 0.2) is 42.5 Å². The Bertz CT molecular complexity index is 857. The van der Waals surface area contributed by atoms with Crippen LogP contribution >= 0.6 is 11.6 Å². The van der Waals surface area contributed by atoms with E-state index in [2.05, 4.69) is 34.5 Å². The van der Waals surface area contributed by atoms with Crippen LogP contribution < -0.4 is 10.2 Å². The fourth-order valence-electron chi connectivity index (χ4n) is 4.04. The van der Waals surface area contributed by atoms with Crippen LogP contribution in [-0.4, -0.2) is 24.9 Å². The van der Waals surface area contributed by atoms with Crippen LogP contribution in [0.5, 0.6) is 0 Å². The highest BCUT2D eigenvalue weighted by Gasteiger charge is 2.30. The summed E-state index contributed by atoms with van der Waals surface area (Å²) in [6.07, 6.45) is 4.67. The predicted octanol–water partition coefficient (Wildman–Crippen LogP) is 4.52. The van der Waals surface area contributed by atoms with E-state index in [1.54, 1.807) is 0 Å². The maximum atomic E-state index is 12.2. The first-order valence-corrected chi connectivity index (χ1v) is 9.99. The third kappa shape index (κ3) is 3.72. The fraction of sp³-hybridized carbons (Fsp3) is 0.364. The van der Waals surface area contributed by atoms with Gasteiger partial charge in [0.05, 0.1) is 10.9 Å². The number of carbonyl (C=O) groups excluding carboxylic acids is 2. The number of hydrogen-bond donors (Lipinski definition) is 1. The third-order valence-electron chi connectivity index (χ3n) is 5.54. The van der Waals surface area contributed by atoms with Gasteiger partial charge < -0.3 is 4.90 Å². The van der Waals surface area contributed by atoms with Crippen LogP contribution in [0.4, 0.5) is 5.69 Å². The van der Waals surface area contributed by atoms with E-state index in [-0.39, 0.29) is 17.7 Å². The minimum absolute atomic E-state index is 0.211. The molecule has 0 spiro atoms. The maximum absolute atomic E-state index is 12.2. The smallest absolute Gasteiger partial charge is 0.234 e. The van der Waals surface area contributed by atoms with Gasteiger partial charge in [0.15, 0.2) is 0 Å². The van der Waals surface area contributed by atoms with Crippen molar-refractivity contribution in [1.82, 2.24) is 5.32 Å². The molecule has 0 saturated carbocycles. The number of anilines is 1. The minimum Gasteiger partial charge on any atom is -0.372 e. The number of benzene rings is 2. The van der Waals surface area contributed by atoms with Crippen molar-refractivity contribution in [2.24, 2.45) is 0 Å². The van der Waals surface area contributed by atoms with E-state index >= 15 is 0 Å². The van der Waals surface area contributed by atoms with Gasteiger partial charge in [-0.15, -0.1) is 0 Å². The molecule has 0 radical (unpaired) electrons. The van der Waals surface area contributed by atoms with Crippen LogP contribution in [0.2, 0.25) is 5.02 Å². The van der Waals surface area contributed by atoms with Crippen molar-refractivity contribution in [2.75, 3.05) is 18.0 Å². The van der Waals surface area contributed by atoms with Gasteiger partial charge in [0.25, 0.3) is 0 Å². The first-order valence-electron chi connectivity index (χ1n) is 9.61. The molecule has 2 amide bonds. The summed E-state index contributed by atoms with van der Waals surface area (Å²) in [6.45, 7) is 2.23. The number of halogens is 1. The van der Waals surface area contributed by atoms with E-state index in [0.29, 0.717) is 17.9 Å². The average molecular weight is 383 g/mol. The van der Waals surface area contributed by atoms with Gasteiger partial charge in [-0.2, -0.15) is 0 Å². The van der Waals surface area contributed by atoms with Gasteiger partial charge in [0.2, 0.25) is 11.8 Å². The SMILES string of the molecule is O=C1CCC(c2cccc(-c3ccc(N4CCCCC4)cc3)c2Cl)C(=O)N1. The molecule has 27 heavy (non-hydrogen) atoms. The molecule has 2 fully saturated rings. The molecule has 2 aliphatic rings. The lowest BCUT2D eigenvalue weighted by molar-refractivity contribution is -0.134. The topological polar surface area (TPSA) is 49.4 Å². The third-order valence-corrected chi connectivity index (χ3v) is 5.96. The zero-order valence-corrected chi connectivity index (χ0v) is 16.0. The molecule has 2 aromatic rings. The molecule has 4 nitrogen and oxygen atoms in total. The van der Waals surface area contributed by atoms with Crippen molar-refractivity contribution in [3.63, 3.8) is 0 Å². The summed E-state index contributed by atoms with van der Waals surface area (Å²) in [5.74, 6) is -0.842. The van der Waals surface area contributed by atoms with Crippen molar-refractivity contribution in [3.8, 4) is 11.1 Å². The highest BCUT2D eigenvalue weighted by atomic mass is 35.5. The normalized spacial score (nSPS) is 20.5. The molecule has 1 N–H and O–H groups in total. The molecule has 2 heterocycles. The van der Waals surface area contributed by atoms with Crippen LogP contribution in [0, 0.1) is 0 Å². The second kappa shape index (κ2) is 7.73. The summed E-state index contributed by atoms with van der Waals surface area (Å²) >= 11 is 6.69. The summed E-state index contributed by atoms with van der Waals surface area (Å²) in [6, 6.07) is 14.3. The van der Waals surface area contributed by atoms with Crippen LogP contribution in [0.25, 0.3) is 11.1 Å². The Hall–Kier alpha value is -2.33. The summed E-state index contributed by atoms with van der Waals surface area (Å²) in [7, 11) is 0. The predicted molar refractivity (Wildman–Crippen MR) is 108 cm³/mol. The second-order valence-corrected chi connectivity index (χ2v) is 7.69. The van der Waals surface area contributed by atoms with Gasteiger partial charge in [0.1, 0.15) is 0 Å². The van der Waals surface area contributed by atoms with Gasteiger partial charge in [-0.05, 0) is 48.9 Å². The molecule has 1 atom stereocenters. The van der Waals surface area contributed by atoms with Crippen molar-refractivity contribution in [3.05, 3.63) is 53.1 Å². The Kier molecular flexibility index (Phi) is 5.17. The van der Waals surface area contributed by atoms with E-state index in [1.165, 1.54) is 24.9 Å². The van der Waals surface area contributed by atoms with Gasteiger partial charge in [-0.1, -0.05) is 41.9 Å². The van der Waals surface area contributed by atoms with E-state index in [4.69, 9.17) is 11.6 Å². The zero-order chi connectivity index (χ0) is 18.8. The number of carbonyl (C=O) groups is 2. The molecular formula is C22H23ClN2O2. The van der Waals surface area contributed by atoms with Gasteiger partial charge in [-0.3, -0.25) is 14.9 Å². The van der Waals surface area contributed by atoms with Gasteiger partial charge in [-0.25, -0.2) is 0 Å². The molecule has 5 heteroatoms. The lowest BCUT2D eigenvalue weighted by atomic mass is 9.88. The molecule has 0 bridgehead atoms. The Morgan fingerprint density at radius 2 is 1.70 bits per heavy atom. The van der Waals surface area contributed by atoms with Crippen molar-refractivity contribution in [1.29, 1.82) is 0 Å². The summed E-state index contributed by atoms with van der Waals surface area (Å²) in [5, 5.41) is 3.01. The first kappa shape index (κ1) is 18.1. The first-order chi connectivity index (χ1) is 13.1. The minimum atomic E-state index is -0.372. The Morgan fingerprint density at radius 3 is 2.41 bits per heavy atom. The molecule has 0 aliphatic carbocycles. The second-order valence-electron chi connectivity index (χ2n) is 7.31. The fourth-order valence-corrected chi connectivity index (χ4v) is 4.40. The van der Waals surface area contributed by atoms with Crippen LogP contribution in [0.1, 0.15) is 43.6 Å². The molecule has 0 aromatic heterocycles. The number of nitrogens with zero attached hydrogens (tertiary/aromatic N) is 1. The summed E-state index contributed by atoms with van der Waals surface area (Å²) in [4.78, 5) is 26.1. The lowest BCUT2D eigenvalue weighted by Gasteiger charge is -2.29. The Balaban J connectivity index is 1.60. The lowest BCUT2D eigenvalue weighted by Crippen LogP contribution is -2.39. The van der Waals surface area contributed by atoms with Crippen LogP contribution in [-0.2, 0) is 9.59 Å². The average Bonchev–Trinajstić information content (AvgIpc) is 2.70. The number of imide groups is 1. The number of rotatable bonds is 3. The van der Waals surface area contributed by atoms with E-state index in [0.717, 1.165) is 29.8 Å². The maximum Gasteiger partial charge on any atom is 0.234 e. The molecule has 140 valence electrons. The molecule has 2 aliphatic heterocycles. The molecule has 1 unspecified atom stereocenters. The zero-order valence-electron chi connectivity index (χ0n) is 15.2. The van der Waals surface area contributed by atoms with Crippen LogP contribution in [0.3, 0.4) is 0 Å². The Morgan fingerprint density at radius 1 is 0.963 bits per heavy atom. The van der Waals surface area contributed by atoms with Crippen molar-refractivity contribution < 1.29 is 9.59 Å². The van der Waals surface area contributed by atoms with Crippen molar-refractivity contribution in [2.45, 2.75) is 38.0 Å². The molecular weight excluding hydrogens is 360 g/mol. The highest BCUT2D eigenvalue weighted by molar-refractivity contribution is 6.34. The van der Waals surface area contributed by atoms with E-state index < -0.39 is 0 Å². The summed E-state index contributed by atoms with van der Waals surface area (Å²) < 4.78 is 0. The largest absolute Gasteiger partial charge is 0.372 e. The molecule has 4 rings (SSSR count). The van der Waals surface area contributed by atoms with E-state index in [1.807, 2.05) is 18.2 Å². The van der Waals surface area contributed by atoms with Gasteiger partial charge >= 0.3 is 0 Å². The molecule has 2 aromatic carbocycles. The monoisotopic (exact) mass is 382 g/mol. The van der Waals surface area contributed by atoms with Crippen molar-refractivity contribution >= 4 is 29.1 Å². The Labute approximate surface area is 164 Å². The number of piperidine rings is 2. The molecule has 2 saturated heterocycles. The van der Waals surface area contributed by atoms with E-state index in [9.17, 15) is 9.59 Å². The quantitative estimate of drug-likeness (QED) is 0.794. The number of amides is 2. The van der Waals surface area contributed by atoms with Gasteiger partial charge in [0, 0.05) is 30.8 Å². The highest BCUT2D eigenvalue weighted by Crippen LogP contribution is 2.37.